The Labute approximate surface area is 89.5 Å². The Bertz CT molecular complexity index is 70.1. The van der Waals surface area contributed by atoms with Crippen molar-refractivity contribution >= 4 is 12.1 Å². The average molecular weight is 487 g/mol. The molecule has 0 saturated heterocycles. The van der Waals surface area contributed by atoms with E-state index in [0.29, 0.717) is 6.42 Å². The molecule has 0 aromatic rings. The van der Waals surface area contributed by atoms with Gasteiger partial charge in [0.25, 0.3) is 0 Å². The Hall–Kier alpha value is 0.535. The van der Waals surface area contributed by atoms with Crippen LogP contribution in [0.5, 0.6) is 0 Å². The molecule has 4 heteroatoms. The van der Waals surface area contributed by atoms with Gasteiger partial charge in [0.1, 0.15) is 0 Å². The van der Waals surface area contributed by atoms with Gasteiger partial charge in [-0.15, -0.1) is 0 Å². The Balaban J connectivity index is -0.0000000300. The van der Waals surface area contributed by atoms with Gasteiger partial charge in [-0.2, -0.15) is 6.42 Å². The van der Waals surface area contributed by atoms with Gasteiger partial charge in [-0.25, -0.2) is 0 Å². The van der Waals surface area contributed by atoms with Crippen LogP contribution >= 0.6 is 0 Å². The van der Waals surface area contributed by atoms with Crippen LogP contribution in [0.4, 0.5) is 0 Å². The molecule has 2 nitrogen and oxygen atoms in total. The Kier molecular flexibility index (Phi) is 50.8. The van der Waals surface area contributed by atoms with E-state index in [1.165, 1.54) is 6.92 Å². The smallest absolute Gasteiger partial charge is 0 e. The van der Waals surface area contributed by atoms with Crippen LogP contribution in [0.15, 0.2) is 0 Å². The topological polar surface area (TPSA) is 34.1 Å². The van der Waals surface area contributed by atoms with E-state index in [1.54, 1.807) is 13.2 Å². The first-order chi connectivity index (χ1) is 3.65. The molecule has 0 atom stereocenters. The van der Waals surface area contributed by atoms with Crippen LogP contribution in [0.3, 0.4) is 0 Å². The summed E-state index contributed by atoms with van der Waals surface area (Å²) in [7, 11) is 0. The molecule has 0 saturated carbocycles. The number of carbonyl (C=O) groups excluding carboxylic acids is 2. The van der Waals surface area contributed by atoms with Crippen molar-refractivity contribution in [3.05, 3.63) is 6.92 Å². The first-order valence-electron chi connectivity index (χ1n) is 2.32. The molecule has 0 aliphatic rings. The predicted octanol–water partition coefficient (Wildman–Crippen LogP) is 0.911. The maximum atomic E-state index is 9.33. The Morgan fingerprint density at radius 1 is 1.50 bits per heavy atom. The molecule has 0 amide bonds. The molecule has 0 aromatic heterocycles. The molecule has 0 fully saturated rings. The maximum absolute atomic E-state index is 9.33. The summed E-state index contributed by atoms with van der Waals surface area (Å²) >= 11 is 0. The van der Waals surface area contributed by atoms with Gasteiger partial charge in [0.2, 0.25) is 0 Å². The van der Waals surface area contributed by atoms with Crippen molar-refractivity contribution in [1.82, 2.24) is 0 Å². The van der Waals surface area contributed by atoms with Crippen LogP contribution in [0.1, 0.15) is 20.3 Å². The third-order valence-electron chi connectivity index (χ3n) is 0.144. The monoisotopic (exact) mass is 488 g/mol. The third-order valence-corrected chi connectivity index (χ3v) is 0.144. The minimum atomic E-state index is -0.0833. The molecule has 0 N–H and O–H groups in total. The second-order valence-corrected chi connectivity index (χ2v) is 1.20. The number of Topliss-reactive ketones (excluding diaryl/α,β-unsaturated/α-hetero) is 1. The van der Waals surface area contributed by atoms with Crippen molar-refractivity contribution in [3.63, 3.8) is 0 Å². The van der Waals surface area contributed by atoms with Crippen LogP contribution in [0, 0.1) is 6.92 Å². The van der Waals surface area contributed by atoms with E-state index in [4.69, 9.17) is 4.79 Å². The zero-order valence-electron chi connectivity index (χ0n) is 5.99. The first kappa shape index (κ1) is 22.4. The van der Waals surface area contributed by atoms with Gasteiger partial charge >= 0.3 is 0 Å². The van der Waals surface area contributed by atoms with Crippen molar-refractivity contribution in [2.75, 3.05) is 0 Å². The second-order valence-electron chi connectivity index (χ2n) is 1.20. The minimum Gasteiger partial charge on any atom is -0.542 e. The maximum Gasteiger partial charge on any atom is 0 e. The zero-order valence-corrected chi connectivity index (χ0v) is 11.4. The van der Waals surface area contributed by atoms with Gasteiger partial charge < -0.3 is 16.5 Å². The van der Waals surface area contributed by atoms with Crippen LogP contribution in [0.2, 0.25) is 0 Å². The van der Waals surface area contributed by atoms with Crippen LogP contribution in [-0.4, -0.2) is 12.1 Å². The molecular formula is C6H10O2Re2-2. The summed E-state index contributed by atoms with van der Waals surface area (Å²) in [5.41, 5.74) is 0. The van der Waals surface area contributed by atoms with Crippen LogP contribution < -0.4 is 0 Å². The number of ketones is 1. The first-order valence-corrected chi connectivity index (χ1v) is 2.32. The Morgan fingerprint density at radius 2 is 1.60 bits per heavy atom. The summed E-state index contributed by atoms with van der Waals surface area (Å²) in [6.07, 6.45) is 2.19. The second kappa shape index (κ2) is 22.7. The normalized spacial score (nSPS) is 5.00. The largest absolute Gasteiger partial charge is 0.542 e. The summed E-state index contributed by atoms with van der Waals surface area (Å²) < 4.78 is 0. The summed E-state index contributed by atoms with van der Waals surface area (Å²) in [5, 5.41) is 0. The quantitative estimate of drug-likeness (QED) is 0.517. The molecule has 0 heterocycles. The number of rotatable bonds is 1. The van der Waals surface area contributed by atoms with Gasteiger partial charge in [0.15, 0.2) is 0 Å². The number of hydrogen-bond acceptors (Lipinski definition) is 2. The molecular weight excluding hydrogens is 476 g/mol. The molecule has 0 rings (SSSR count). The SMILES string of the molecule is CC[C-]=O.[CH2-]C(C)=O.[Re].[Re]. The van der Waals surface area contributed by atoms with E-state index < -0.39 is 0 Å². The van der Waals surface area contributed by atoms with E-state index in [9.17, 15) is 4.79 Å². The summed E-state index contributed by atoms with van der Waals surface area (Å²) in [4.78, 5) is 18.4. The van der Waals surface area contributed by atoms with Crippen molar-refractivity contribution in [3.8, 4) is 0 Å². The molecule has 0 unspecified atom stereocenters. The van der Waals surface area contributed by atoms with Crippen molar-refractivity contribution in [2.24, 2.45) is 0 Å². The molecule has 0 aromatic carbocycles. The van der Waals surface area contributed by atoms with Gasteiger partial charge in [0, 0.05) is 40.8 Å². The number of hydrogen-bond donors (Lipinski definition) is 0. The molecule has 2 radical (unpaired) electrons. The standard InChI is InChI=1S/2C3H5O.2Re/c1-3(2)4;1-2-3-4;;/h1H2,2H3;2H2,1H3;;/q2*-1;;. The van der Waals surface area contributed by atoms with Crippen molar-refractivity contribution < 1.29 is 50.4 Å². The van der Waals surface area contributed by atoms with Crippen LogP contribution in [0.25, 0.3) is 0 Å². The summed E-state index contributed by atoms with van der Waals surface area (Å²) in [6, 6.07) is 0. The summed E-state index contributed by atoms with van der Waals surface area (Å²) in [6.45, 7) is 6.17. The third kappa shape index (κ3) is 206. The van der Waals surface area contributed by atoms with E-state index in [0.717, 1.165) is 0 Å². The number of carbonyl (C=O) groups is 1. The minimum absolute atomic E-state index is 0. The fourth-order valence-electron chi connectivity index (χ4n) is 0. The fraction of sp³-hybridized carbons (Fsp3) is 0.500. The molecule has 0 spiro atoms. The average Bonchev–Trinajstić information content (AvgIpc) is 1.65. The van der Waals surface area contributed by atoms with E-state index in [1.807, 2.05) is 0 Å². The van der Waals surface area contributed by atoms with E-state index in [-0.39, 0.29) is 46.6 Å². The van der Waals surface area contributed by atoms with E-state index >= 15 is 0 Å². The Morgan fingerprint density at radius 3 is 1.60 bits per heavy atom. The zero-order chi connectivity index (χ0) is 6.99. The van der Waals surface area contributed by atoms with Crippen LogP contribution in [-0.2, 0) is 50.4 Å². The fourth-order valence-corrected chi connectivity index (χ4v) is 0. The predicted molar refractivity (Wildman–Crippen MR) is 32.0 cm³/mol. The van der Waals surface area contributed by atoms with Gasteiger partial charge in [-0.05, 0) is 12.7 Å². The van der Waals surface area contributed by atoms with Crippen molar-refractivity contribution in [1.29, 1.82) is 0 Å². The summed E-state index contributed by atoms with van der Waals surface area (Å²) in [5.74, 6) is -0.0833. The van der Waals surface area contributed by atoms with Gasteiger partial charge in [0.05, 0.1) is 0 Å². The molecule has 10 heavy (non-hydrogen) atoms. The van der Waals surface area contributed by atoms with E-state index in [2.05, 4.69) is 6.92 Å². The molecule has 0 aliphatic heterocycles. The molecule has 0 bridgehead atoms. The molecule has 62 valence electrons. The van der Waals surface area contributed by atoms with Gasteiger partial charge in [-0.3, -0.25) is 6.29 Å². The van der Waals surface area contributed by atoms with Crippen molar-refractivity contribution in [2.45, 2.75) is 20.3 Å². The molecule has 0 aliphatic carbocycles. The van der Waals surface area contributed by atoms with Gasteiger partial charge in [-0.1, -0.05) is 6.92 Å².